The molecule has 2 heterocycles. The number of morpholine rings is 1. The fraction of sp³-hybridized carbons (Fsp3) is 0.438. The molecule has 0 aliphatic carbocycles. The molecule has 1 fully saturated rings. The number of sulfonamides is 1. The second kappa shape index (κ2) is 7.25. The van der Waals surface area contributed by atoms with Gasteiger partial charge in [0.25, 0.3) is 0 Å². The summed E-state index contributed by atoms with van der Waals surface area (Å²) < 4.78 is 34.3. The largest absolute Gasteiger partial charge is 0.379 e. The van der Waals surface area contributed by atoms with E-state index in [2.05, 4.69) is 5.10 Å². The third kappa shape index (κ3) is 3.71. The molecule has 0 radical (unpaired) electrons. The number of aryl methyl sites for hydroxylation is 1. The molecule has 2 aromatic rings. The molecular formula is C16H19Cl2N3O3S. The number of hydrogen-bond acceptors (Lipinski definition) is 4. The highest BCUT2D eigenvalue weighted by Gasteiger charge is 2.32. The second-order valence-electron chi connectivity index (χ2n) is 5.91. The van der Waals surface area contributed by atoms with E-state index in [0.29, 0.717) is 54.3 Å². The van der Waals surface area contributed by atoms with Gasteiger partial charge in [-0.05, 0) is 31.5 Å². The van der Waals surface area contributed by atoms with Crippen LogP contribution in [0.25, 0.3) is 0 Å². The summed E-state index contributed by atoms with van der Waals surface area (Å²) in [6, 6.07) is 5.23. The molecule has 0 atom stereocenters. The molecule has 0 amide bonds. The molecule has 9 heteroatoms. The first-order chi connectivity index (χ1) is 11.8. The fourth-order valence-corrected chi connectivity index (χ4v) is 5.18. The maximum atomic E-state index is 13.0. The van der Waals surface area contributed by atoms with Gasteiger partial charge in [-0.15, -0.1) is 0 Å². The van der Waals surface area contributed by atoms with Gasteiger partial charge in [-0.3, -0.25) is 4.68 Å². The van der Waals surface area contributed by atoms with Crippen LogP contribution >= 0.6 is 23.2 Å². The van der Waals surface area contributed by atoms with Gasteiger partial charge in [-0.2, -0.15) is 9.40 Å². The molecule has 1 aliphatic heterocycles. The van der Waals surface area contributed by atoms with Crippen molar-refractivity contribution in [3.8, 4) is 0 Å². The van der Waals surface area contributed by atoms with Gasteiger partial charge in [-0.25, -0.2) is 8.42 Å². The minimum atomic E-state index is -3.60. The SMILES string of the molecule is Cc1nn(Cc2ccc(Cl)cc2Cl)c(C)c1S(=O)(=O)N1CCOCC1. The quantitative estimate of drug-likeness (QED) is 0.786. The number of nitrogens with zero attached hydrogens (tertiary/aromatic N) is 3. The van der Waals surface area contributed by atoms with Crippen molar-refractivity contribution < 1.29 is 13.2 Å². The Balaban J connectivity index is 1.95. The van der Waals surface area contributed by atoms with Crippen LogP contribution in [0.2, 0.25) is 10.0 Å². The summed E-state index contributed by atoms with van der Waals surface area (Å²) in [5.41, 5.74) is 1.90. The average molecular weight is 404 g/mol. The van der Waals surface area contributed by atoms with Crippen LogP contribution < -0.4 is 0 Å². The van der Waals surface area contributed by atoms with Gasteiger partial charge in [0.1, 0.15) is 4.90 Å². The number of rotatable bonds is 4. The Kier molecular flexibility index (Phi) is 5.41. The van der Waals surface area contributed by atoms with E-state index in [9.17, 15) is 8.42 Å². The maximum absolute atomic E-state index is 13.0. The lowest BCUT2D eigenvalue weighted by atomic mass is 10.2. The minimum Gasteiger partial charge on any atom is -0.379 e. The summed E-state index contributed by atoms with van der Waals surface area (Å²) in [5, 5.41) is 5.50. The zero-order valence-electron chi connectivity index (χ0n) is 14.0. The number of aromatic nitrogens is 2. The van der Waals surface area contributed by atoms with E-state index in [1.54, 1.807) is 30.7 Å². The lowest BCUT2D eigenvalue weighted by molar-refractivity contribution is 0.0730. The fourth-order valence-electron chi connectivity index (χ4n) is 2.94. The average Bonchev–Trinajstić information content (AvgIpc) is 2.85. The summed E-state index contributed by atoms with van der Waals surface area (Å²) in [7, 11) is -3.60. The Morgan fingerprint density at radius 1 is 1.20 bits per heavy atom. The Morgan fingerprint density at radius 3 is 2.52 bits per heavy atom. The molecule has 1 aliphatic rings. The highest BCUT2D eigenvalue weighted by atomic mass is 35.5. The van der Waals surface area contributed by atoms with Crippen molar-refractivity contribution in [1.82, 2.24) is 14.1 Å². The van der Waals surface area contributed by atoms with Crippen molar-refractivity contribution in [3.05, 3.63) is 45.2 Å². The van der Waals surface area contributed by atoms with E-state index < -0.39 is 10.0 Å². The summed E-state index contributed by atoms with van der Waals surface area (Å²) >= 11 is 12.1. The van der Waals surface area contributed by atoms with E-state index in [1.165, 1.54) is 4.31 Å². The summed E-state index contributed by atoms with van der Waals surface area (Å²) in [6.45, 7) is 5.38. The smallest absolute Gasteiger partial charge is 0.246 e. The predicted molar refractivity (Wildman–Crippen MR) is 96.8 cm³/mol. The molecule has 0 saturated carbocycles. The number of benzene rings is 1. The molecule has 1 aromatic carbocycles. The van der Waals surface area contributed by atoms with Gasteiger partial charge in [0, 0.05) is 23.1 Å². The van der Waals surface area contributed by atoms with Crippen molar-refractivity contribution in [2.75, 3.05) is 26.3 Å². The highest BCUT2D eigenvalue weighted by Crippen LogP contribution is 2.27. The van der Waals surface area contributed by atoms with Crippen molar-refractivity contribution in [2.24, 2.45) is 0 Å². The zero-order valence-corrected chi connectivity index (χ0v) is 16.3. The van der Waals surface area contributed by atoms with Crippen LogP contribution in [-0.4, -0.2) is 48.8 Å². The van der Waals surface area contributed by atoms with Crippen LogP contribution in [0.1, 0.15) is 17.0 Å². The van der Waals surface area contributed by atoms with Crippen molar-refractivity contribution in [2.45, 2.75) is 25.3 Å². The summed E-state index contributed by atoms with van der Waals surface area (Å²) in [5.74, 6) is 0. The van der Waals surface area contributed by atoms with E-state index in [4.69, 9.17) is 27.9 Å². The summed E-state index contributed by atoms with van der Waals surface area (Å²) in [4.78, 5) is 0.263. The van der Waals surface area contributed by atoms with E-state index in [0.717, 1.165) is 5.56 Å². The lowest BCUT2D eigenvalue weighted by Gasteiger charge is -2.26. The molecule has 0 spiro atoms. The van der Waals surface area contributed by atoms with Crippen LogP contribution in [-0.2, 0) is 21.3 Å². The third-order valence-electron chi connectivity index (χ3n) is 4.22. The Morgan fingerprint density at radius 2 is 1.88 bits per heavy atom. The Hall–Kier alpha value is -1.12. The molecule has 136 valence electrons. The molecule has 0 N–H and O–H groups in total. The number of halogens is 2. The number of hydrogen-bond donors (Lipinski definition) is 0. The van der Waals surface area contributed by atoms with Gasteiger partial charge >= 0.3 is 0 Å². The molecule has 0 unspecified atom stereocenters. The normalized spacial score (nSPS) is 16.3. The van der Waals surface area contributed by atoms with E-state index >= 15 is 0 Å². The summed E-state index contributed by atoms with van der Waals surface area (Å²) in [6.07, 6.45) is 0. The van der Waals surface area contributed by atoms with Crippen LogP contribution in [0.5, 0.6) is 0 Å². The van der Waals surface area contributed by atoms with Crippen molar-refractivity contribution >= 4 is 33.2 Å². The molecule has 25 heavy (non-hydrogen) atoms. The van der Waals surface area contributed by atoms with E-state index in [-0.39, 0.29) is 4.90 Å². The predicted octanol–water partition coefficient (Wildman–Crippen LogP) is 2.88. The first-order valence-corrected chi connectivity index (χ1v) is 10.1. The maximum Gasteiger partial charge on any atom is 0.246 e. The minimum absolute atomic E-state index is 0.263. The Labute approximate surface area is 157 Å². The van der Waals surface area contributed by atoms with Crippen molar-refractivity contribution in [1.29, 1.82) is 0 Å². The van der Waals surface area contributed by atoms with Crippen LogP contribution in [0.15, 0.2) is 23.1 Å². The van der Waals surface area contributed by atoms with Crippen LogP contribution in [0.4, 0.5) is 0 Å². The molecule has 3 rings (SSSR count). The van der Waals surface area contributed by atoms with Crippen LogP contribution in [0.3, 0.4) is 0 Å². The van der Waals surface area contributed by atoms with Crippen molar-refractivity contribution in [3.63, 3.8) is 0 Å². The first-order valence-electron chi connectivity index (χ1n) is 7.86. The van der Waals surface area contributed by atoms with Gasteiger partial charge < -0.3 is 4.74 Å². The molecule has 1 aromatic heterocycles. The monoisotopic (exact) mass is 403 g/mol. The third-order valence-corrected chi connectivity index (χ3v) is 6.96. The molecular weight excluding hydrogens is 385 g/mol. The topological polar surface area (TPSA) is 64.4 Å². The standard InChI is InChI=1S/C16H19Cl2N3O3S/c1-11-16(25(22,23)20-5-7-24-8-6-20)12(2)21(19-11)10-13-3-4-14(17)9-15(13)18/h3-4,9H,5-8,10H2,1-2H3. The van der Waals surface area contributed by atoms with Gasteiger partial charge in [0.05, 0.1) is 31.1 Å². The van der Waals surface area contributed by atoms with E-state index in [1.807, 2.05) is 6.07 Å². The zero-order chi connectivity index (χ0) is 18.2. The molecule has 0 bridgehead atoms. The highest BCUT2D eigenvalue weighted by molar-refractivity contribution is 7.89. The molecule has 6 nitrogen and oxygen atoms in total. The number of ether oxygens (including phenoxy) is 1. The van der Waals surface area contributed by atoms with Crippen LogP contribution in [0, 0.1) is 13.8 Å². The Bertz CT molecular complexity index is 890. The van der Waals surface area contributed by atoms with Gasteiger partial charge in [0.15, 0.2) is 0 Å². The lowest BCUT2D eigenvalue weighted by Crippen LogP contribution is -2.41. The first kappa shape index (κ1) is 18.7. The van der Waals surface area contributed by atoms with Gasteiger partial charge in [-0.1, -0.05) is 29.3 Å². The molecule has 1 saturated heterocycles. The second-order valence-corrected chi connectivity index (χ2v) is 8.63. The van der Waals surface area contributed by atoms with Gasteiger partial charge in [0.2, 0.25) is 10.0 Å².